The summed E-state index contributed by atoms with van der Waals surface area (Å²) >= 11 is 1.17. The van der Waals surface area contributed by atoms with Crippen LogP contribution in [0.15, 0.2) is 64.5 Å². The predicted molar refractivity (Wildman–Crippen MR) is 107 cm³/mol. The van der Waals surface area contributed by atoms with E-state index in [1.807, 2.05) is 36.4 Å². The smallest absolute Gasteiger partial charge is 0.324 e. The van der Waals surface area contributed by atoms with Gasteiger partial charge in [-0.3, -0.25) is 19.1 Å². The van der Waals surface area contributed by atoms with Gasteiger partial charge < -0.3 is 5.32 Å². The van der Waals surface area contributed by atoms with Crippen LogP contribution in [0, 0.1) is 0 Å². The maximum Gasteiger partial charge on any atom is 0.324 e. The molecule has 2 heterocycles. The standard InChI is InChI=1S/C20H18N4O3S/c25-17(23-11-10-21-19(23)27)13-28-20-22-16-9-5-4-8-15(16)18(26)24(20)12-14-6-2-1-3-7-14/h1-9H,10-13H2,(H,21,27). The topological polar surface area (TPSA) is 84.3 Å². The number of fused-ring (bicyclic) bond motifs is 1. The van der Waals surface area contributed by atoms with E-state index in [0.29, 0.717) is 35.7 Å². The monoisotopic (exact) mass is 394 g/mol. The summed E-state index contributed by atoms with van der Waals surface area (Å²) in [6.45, 7) is 1.18. The Kier molecular flexibility index (Phi) is 5.12. The lowest BCUT2D eigenvalue weighted by atomic mass is 10.2. The van der Waals surface area contributed by atoms with Crippen molar-refractivity contribution in [1.82, 2.24) is 19.8 Å². The van der Waals surface area contributed by atoms with Crippen LogP contribution < -0.4 is 10.9 Å². The lowest BCUT2D eigenvalue weighted by Crippen LogP contribution is -2.35. The Bertz CT molecular complexity index is 1100. The van der Waals surface area contributed by atoms with Crippen LogP contribution in [0.1, 0.15) is 5.56 Å². The van der Waals surface area contributed by atoms with Gasteiger partial charge in [-0.2, -0.15) is 0 Å². The van der Waals surface area contributed by atoms with Crippen molar-refractivity contribution in [1.29, 1.82) is 0 Å². The van der Waals surface area contributed by atoms with Crippen molar-refractivity contribution >= 4 is 34.6 Å². The van der Waals surface area contributed by atoms with E-state index in [-0.39, 0.29) is 23.3 Å². The molecule has 28 heavy (non-hydrogen) atoms. The summed E-state index contributed by atoms with van der Waals surface area (Å²) in [6, 6.07) is 16.4. The molecule has 0 aliphatic carbocycles. The number of nitrogens with one attached hydrogen (secondary N) is 1. The van der Waals surface area contributed by atoms with Gasteiger partial charge in [-0.05, 0) is 17.7 Å². The van der Waals surface area contributed by atoms with E-state index in [2.05, 4.69) is 10.3 Å². The van der Waals surface area contributed by atoms with Crippen LogP contribution in [0.3, 0.4) is 0 Å². The average Bonchev–Trinajstić information content (AvgIpc) is 3.15. The molecule has 7 nitrogen and oxygen atoms in total. The molecule has 142 valence electrons. The van der Waals surface area contributed by atoms with Gasteiger partial charge in [-0.1, -0.05) is 54.2 Å². The Balaban J connectivity index is 1.67. The molecule has 3 aromatic rings. The molecule has 0 unspecified atom stereocenters. The van der Waals surface area contributed by atoms with Crippen molar-refractivity contribution in [2.75, 3.05) is 18.8 Å². The van der Waals surface area contributed by atoms with E-state index >= 15 is 0 Å². The second-order valence-electron chi connectivity index (χ2n) is 6.35. The van der Waals surface area contributed by atoms with Crippen molar-refractivity contribution in [3.63, 3.8) is 0 Å². The Hall–Kier alpha value is -3.13. The van der Waals surface area contributed by atoms with E-state index in [1.54, 1.807) is 22.8 Å². The third-order valence-electron chi connectivity index (χ3n) is 4.49. The van der Waals surface area contributed by atoms with Crippen LogP contribution in [-0.4, -0.2) is 45.2 Å². The van der Waals surface area contributed by atoms with E-state index in [4.69, 9.17) is 0 Å². The number of rotatable bonds is 5. The van der Waals surface area contributed by atoms with Gasteiger partial charge in [0.15, 0.2) is 5.16 Å². The highest BCUT2D eigenvalue weighted by atomic mass is 32.2. The molecule has 8 heteroatoms. The fourth-order valence-corrected chi connectivity index (χ4v) is 3.95. The first-order valence-corrected chi connectivity index (χ1v) is 9.86. The minimum Gasteiger partial charge on any atom is -0.336 e. The molecule has 4 rings (SSSR count). The molecule has 1 aliphatic rings. The Morgan fingerprint density at radius 2 is 1.82 bits per heavy atom. The molecular formula is C20H18N4O3S. The van der Waals surface area contributed by atoms with Crippen LogP contribution >= 0.6 is 11.8 Å². The van der Waals surface area contributed by atoms with Crippen LogP contribution in [0.4, 0.5) is 4.79 Å². The zero-order chi connectivity index (χ0) is 19.5. The van der Waals surface area contributed by atoms with Crippen LogP contribution in [0.25, 0.3) is 10.9 Å². The van der Waals surface area contributed by atoms with Gasteiger partial charge in [0.2, 0.25) is 5.91 Å². The zero-order valence-electron chi connectivity index (χ0n) is 15.0. The van der Waals surface area contributed by atoms with E-state index in [9.17, 15) is 14.4 Å². The maximum atomic E-state index is 13.1. The highest BCUT2D eigenvalue weighted by molar-refractivity contribution is 7.99. The van der Waals surface area contributed by atoms with E-state index in [1.165, 1.54) is 16.7 Å². The third-order valence-corrected chi connectivity index (χ3v) is 5.45. The first kappa shape index (κ1) is 18.2. The van der Waals surface area contributed by atoms with Crippen LogP contribution in [-0.2, 0) is 11.3 Å². The Morgan fingerprint density at radius 3 is 2.57 bits per heavy atom. The summed E-state index contributed by atoms with van der Waals surface area (Å²) in [4.78, 5) is 42.9. The number of thioether (sulfide) groups is 1. The number of urea groups is 1. The number of hydrogen-bond donors (Lipinski definition) is 1. The Labute approximate surface area is 165 Å². The molecule has 1 saturated heterocycles. The fraction of sp³-hybridized carbons (Fsp3) is 0.200. The molecule has 1 fully saturated rings. The number of benzene rings is 2. The highest BCUT2D eigenvalue weighted by Crippen LogP contribution is 2.20. The molecule has 0 radical (unpaired) electrons. The maximum absolute atomic E-state index is 13.1. The molecule has 3 amide bonds. The average molecular weight is 394 g/mol. The number of aromatic nitrogens is 2. The first-order chi connectivity index (χ1) is 13.6. The quantitative estimate of drug-likeness (QED) is 0.529. The summed E-state index contributed by atoms with van der Waals surface area (Å²) in [5.41, 5.74) is 1.41. The van der Waals surface area contributed by atoms with Gasteiger partial charge in [0.25, 0.3) is 5.56 Å². The number of amides is 3. The molecule has 0 saturated carbocycles. The first-order valence-electron chi connectivity index (χ1n) is 8.88. The summed E-state index contributed by atoms with van der Waals surface area (Å²) in [5.74, 6) is -0.263. The summed E-state index contributed by atoms with van der Waals surface area (Å²) < 4.78 is 1.58. The number of hydrogen-bond acceptors (Lipinski definition) is 5. The normalized spacial score (nSPS) is 13.7. The van der Waals surface area contributed by atoms with Gasteiger partial charge in [0.1, 0.15) is 0 Å². The fourth-order valence-electron chi connectivity index (χ4n) is 3.08. The van der Waals surface area contributed by atoms with Gasteiger partial charge in [-0.25, -0.2) is 9.78 Å². The largest absolute Gasteiger partial charge is 0.336 e. The van der Waals surface area contributed by atoms with Gasteiger partial charge in [-0.15, -0.1) is 0 Å². The molecule has 1 N–H and O–H groups in total. The van der Waals surface area contributed by atoms with Crippen molar-refractivity contribution < 1.29 is 9.59 Å². The number of carbonyl (C=O) groups excluding carboxylic acids is 2. The van der Waals surface area contributed by atoms with Crippen molar-refractivity contribution in [2.45, 2.75) is 11.7 Å². The molecule has 1 aromatic heterocycles. The summed E-state index contributed by atoms with van der Waals surface area (Å²) in [7, 11) is 0. The highest BCUT2D eigenvalue weighted by Gasteiger charge is 2.26. The van der Waals surface area contributed by atoms with Crippen LogP contribution in [0.5, 0.6) is 0 Å². The van der Waals surface area contributed by atoms with Gasteiger partial charge in [0, 0.05) is 13.1 Å². The molecular weight excluding hydrogens is 376 g/mol. The zero-order valence-corrected chi connectivity index (χ0v) is 15.8. The van der Waals surface area contributed by atoms with Gasteiger partial charge in [0.05, 0.1) is 23.2 Å². The number of nitrogens with zero attached hydrogens (tertiary/aromatic N) is 3. The lowest BCUT2D eigenvalue weighted by Gasteiger charge is -2.15. The molecule has 0 atom stereocenters. The minimum atomic E-state index is -0.376. The SMILES string of the molecule is O=C(CSc1nc2ccccc2c(=O)n1Cc1ccccc1)N1CCNC1=O. The Morgan fingerprint density at radius 1 is 1.07 bits per heavy atom. The predicted octanol–water partition coefficient (Wildman–Crippen LogP) is 2.09. The van der Waals surface area contributed by atoms with E-state index < -0.39 is 0 Å². The third kappa shape index (κ3) is 3.63. The second-order valence-corrected chi connectivity index (χ2v) is 7.30. The molecule has 0 bridgehead atoms. The lowest BCUT2D eigenvalue weighted by molar-refractivity contribution is -0.124. The second kappa shape index (κ2) is 7.85. The van der Waals surface area contributed by atoms with E-state index in [0.717, 1.165) is 5.56 Å². The summed E-state index contributed by atoms with van der Waals surface area (Å²) in [6.07, 6.45) is 0. The van der Waals surface area contributed by atoms with Crippen LogP contribution in [0.2, 0.25) is 0 Å². The van der Waals surface area contributed by atoms with Crippen molar-refractivity contribution in [2.24, 2.45) is 0 Å². The van der Waals surface area contributed by atoms with Crippen molar-refractivity contribution in [3.05, 3.63) is 70.5 Å². The summed E-state index contributed by atoms with van der Waals surface area (Å²) in [5, 5.41) is 3.61. The number of imide groups is 1. The minimum absolute atomic E-state index is 0.0347. The molecule has 0 spiro atoms. The number of carbonyl (C=O) groups is 2. The van der Waals surface area contributed by atoms with Gasteiger partial charge >= 0.3 is 6.03 Å². The van der Waals surface area contributed by atoms with Crippen molar-refractivity contribution in [3.8, 4) is 0 Å². The molecule has 2 aromatic carbocycles. The number of para-hydroxylation sites is 1. The molecule has 1 aliphatic heterocycles.